The van der Waals surface area contributed by atoms with E-state index in [2.05, 4.69) is 17.6 Å². The van der Waals surface area contributed by atoms with Crippen molar-refractivity contribution < 1.29 is 0 Å². The van der Waals surface area contributed by atoms with E-state index in [0.29, 0.717) is 23.4 Å². The lowest BCUT2D eigenvalue weighted by Gasteiger charge is -2.47. The van der Waals surface area contributed by atoms with Crippen LogP contribution in [0.1, 0.15) is 71.1 Å². The van der Waals surface area contributed by atoms with Gasteiger partial charge in [0.25, 0.3) is 0 Å². The largest absolute Gasteiger partial charge is 0.330 e. The first-order chi connectivity index (χ1) is 11.6. The highest BCUT2D eigenvalue weighted by Gasteiger charge is 2.40. The first-order valence-electron chi connectivity index (χ1n) is 10.6. The molecule has 0 aromatic heterocycles. The molecular weight excluding hydrogens is 296 g/mol. The fourth-order valence-corrected chi connectivity index (χ4v) is 5.83. The normalized spacial score (nSPS) is 35.4. The number of nitrogens with one attached hydrogen (secondary N) is 2. The third kappa shape index (κ3) is 4.32. The molecule has 1 aliphatic heterocycles. The van der Waals surface area contributed by atoms with Crippen LogP contribution < -0.4 is 22.1 Å². The first-order valence-corrected chi connectivity index (χ1v) is 10.6. The second kappa shape index (κ2) is 8.48. The Kier molecular flexibility index (Phi) is 6.58. The quantitative estimate of drug-likeness (QED) is 0.576. The molecule has 6 N–H and O–H groups in total. The Hall–Kier alpha value is -0.160. The van der Waals surface area contributed by atoms with Gasteiger partial charge >= 0.3 is 0 Å². The molecule has 3 aliphatic rings. The summed E-state index contributed by atoms with van der Waals surface area (Å²) in [6.45, 7) is 5.33. The molecular formula is C20H40N4. The summed E-state index contributed by atoms with van der Waals surface area (Å²) in [7, 11) is 0. The molecule has 3 rings (SSSR count). The summed E-state index contributed by atoms with van der Waals surface area (Å²) >= 11 is 0. The van der Waals surface area contributed by atoms with Crippen LogP contribution >= 0.6 is 0 Å². The molecule has 0 bridgehead atoms. The van der Waals surface area contributed by atoms with E-state index in [4.69, 9.17) is 11.5 Å². The van der Waals surface area contributed by atoms with Crippen molar-refractivity contribution in [3.8, 4) is 0 Å². The van der Waals surface area contributed by atoms with Crippen LogP contribution in [0.3, 0.4) is 0 Å². The summed E-state index contributed by atoms with van der Waals surface area (Å²) in [4.78, 5) is 0. The fraction of sp³-hybridized carbons (Fsp3) is 1.00. The van der Waals surface area contributed by atoms with Gasteiger partial charge < -0.3 is 22.1 Å². The van der Waals surface area contributed by atoms with Crippen LogP contribution in [0.5, 0.6) is 0 Å². The number of hydrogen-bond acceptors (Lipinski definition) is 4. The van der Waals surface area contributed by atoms with E-state index >= 15 is 0 Å². The van der Waals surface area contributed by atoms with E-state index in [1.165, 1.54) is 64.2 Å². The zero-order valence-corrected chi connectivity index (χ0v) is 15.7. The van der Waals surface area contributed by atoms with Gasteiger partial charge in [-0.15, -0.1) is 0 Å². The molecule has 4 atom stereocenters. The van der Waals surface area contributed by atoms with Crippen molar-refractivity contribution in [2.45, 2.75) is 89.3 Å². The zero-order valence-electron chi connectivity index (χ0n) is 15.7. The lowest BCUT2D eigenvalue weighted by Crippen LogP contribution is -2.63. The Morgan fingerprint density at radius 2 is 1.88 bits per heavy atom. The molecule has 0 radical (unpaired) electrons. The first kappa shape index (κ1) is 18.6. The van der Waals surface area contributed by atoms with E-state index in [-0.39, 0.29) is 6.04 Å². The molecule has 140 valence electrons. The van der Waals surface area contributed by atoms with E-state index < -0.39 is 0 Å². The highest BCUT2D eigenvalue weighted by molar-refractivity contribution is 4.98. The van der Waals surface area contributed by atoms with Crippen LogP contribution in [0.25, 0.3) is 0 Å². The summed E-state index contributed by atoms with van der Waals surface area (Å²) < 4.78 is 0. The minimum absolute atomic E-state index is 0.250. The number of rotatable bonds is 7. The van der Waals surface area contributed by atoms with E-state index in [9.17, 15) is 0 Å². The molecule has 24 heavy (non-hydrogen) atoms. The third-order valence-corrected chi connectivity index (χ3v) is 7.24. The molecule has 0 aromatic carbocycles. The van der Waals surface area contributed by atoms with Gasteiger partial charge in [-0.3, -0.25) is 0 Å². The van der Waals surface area contributed by atoms with Crippen molar-refractivity contribution in [3.05, 3.63) is 0 Å². The van der Waals surface area contributed by atoms with Crippen LogP contribution in [0.4, 0.5) is 0 Å². The monoisotopic (exact) mass is 336 g/mol. The van der Waals surface area contributed by atoms with Crippen LogP contribution in [-0.2, 0) is 0 Å². The predicted octanol–water partition coefficient (Wildman–Crippen LogP) is 2.37. The lowest BCUT2D eigenvalue weighted by molar-refractivity contribution is 0.0804. The third-order valence-electron chi connectivity index (χ3n) is 7.24. The van der Waals surface area contributed by atoms with Crippen LogP contribution in [-0.4, -0.2) is 37.8 Å². The van der Waals surface area contributed by atoms with Crippen molar-refractivity contribution >= 4 is 0 Å². The molecule has 0 amide bonds. The maximum Gasteiger partial charge on any atom is 0.0324 e. The Morgan fingerprint density at radius 3 is 2.50 bits per heavy atom. The summed E-state index contributed by atoms with van der Waals surface area (Å²) in [5, 5.41) is 7.59. The lowest BCUT2D eigenvalue weighted by atomic mass is 9.63. The number of nitrogens with two attached hydrogens (primary N) is 2. The molecule has 1 heterocycles. The average Bonchev–Trinajstić information content (AvgIpc) is 2.55. The summed E-state index contributed by atoms with van der Waals surface area (Å²) in [6.07, 6.45) is 13.7. The molecule has 2 saturated carbocycles. The van der Waals surface area contributed by atoms with Crippen LogP contribution in [0.2, 0.25) is 0 Å². The highest BCUT2D eigenvalue weighted by Crippen LogP contribution is 2.47. The number of piperidine rings is 1. The van der Waals surface area contributed by atoms with Crippen molar-refractivity contribution in [2.24, 2.45) is 28.7 Å². The van der Waals surface area contributed by atoms with Crippen molar-refractivity contribution in [1.29, 1.82) is 0 Å². The minimum atomic E-state index is 0.250. The van der Waals surface area contributed by atoms with Gasteiger partial charge in [0.1, 0.15) is 0 Å². The van der Waals surface area contributed by atoms with Gasteiger partial charge in [-0.1, -0.05) is 38.5 Å². The maximum absolute atomic E-state index is 6.55. The smallest absolute Gasteiger partial charge is 0.0324 e. The van der Waals surface area contributed by atoms with E-state index in [1.54, 1.807) is 0 Å². The molecule has 4 unspecified atom stereocenters. The molecule has 2 aliphatic carbocycles. The van der Waals surface area contributed by atoms with Gasteiger partial charge in [-0.2, -0.15) is 0 Å². The SMILES string of the molecule is CC(CC1(CCN)CCC1)NC1C(N)CNCC1C1CCCCC1. The number of hydrogen-bond donors (Lipinski definition) is 4. The second-order valence-electron chi connectivity index (χ2n) is 9.07. The summed E-state index contributed by atoms with van der Waals surface area (Å²) in [5.74, 6) is 1.58. The van der Waals surface area contributed by atoms with Crippen molar-refractivity contribution in [2.75, 3.05) is 19.6 Å². The van der Waals surface area contributed by atoms with E-state index in [1.807, 2.05) is 0 Å². The molecule has 4 nitrogen and oxygen atoms in total. The van der Waals surface area contributed by atoms with Crippen LogP contribution in [0, 0.1) is 17.3 Å². The Labute approximate surface area is 148 Å². The molecule has 0 spiro atoms. The van der Waals surface area contributed by atoms with Gasteiger partial charge in [0.2, 0.25) is 0 Å². The van der Waals surface area contributed by atoms with Gasteiger partial charge in [0.05, 0.1) is 0 Å². The molecule has 4 heteroatoms. The van der Waals surface area contributed by atoms with Gasteiger partial charge in [0, 0.05) is 24.7 Å². The van der Waals surface area contributed by atoms with Gasteiger partial charge in [-0.05, 0) is 62.9 Å². The predicted molar refractivity (Wildman–Crippen MR) is 102 cm³/mol. The topological polar surface area (TPSA) is 76.1 Å². The van der Waals surface area contributed by atoms with Crippen LogP contribution in [0.15, 0.2) is 0 Å². The van der Waals surface area contributed by atoms with E-state index in [0.717, 1.165) is 25.6 Å². The van der Waals surface area contributed by atoms with Gasteiger partial charge in [-0.25, -0.2) is 0 Å². The Balaban J connectivity index is 1.59. The minimum Gasteiger partial charge on any atom is -0.330 e. The Morgan fingerprint density at radius 1 is 1.12 bits per heavy atom. The Bertz CT molecular complexity index is 376. The standard InChI is InChI=1S/C20H40N4/c1-15(12-20(10-11-21)8-5-9-20)24-19-17(13-23-14-18(19)22)16-6-3-2-4-7-16/h15-19,23-24H,2-14,21-22H2,1H3. The molecule has 3 fully saturated rings. The molecule has 1 saturated heterocycles. The fourth-order valence-electron chi connectivity index (χ4n) is 5.83. The van der Waals surface area contributed by atoms with Crippen molar-refractivity contribution in [1.82, 2.24) is 10.6 Å². The maximum atomic E-state index is 6.55. The highest BCUT2D eigenvalue weighted by atomic mass is 15.1. The van der Waals surface area contributed by atoms with Crippen molar-refractivity contribution in [3.63, 3.8) is 0 Å². The average molecular weight is 337 g/mol. The summed E-state index contributed by atoms with van der Waals surface area (Å²) in [5.41, 5.74) is 13.0. The second-order valence-corrected chi connectivity index (χ2v) is 9.07. The molecule has 0 aromatic rings. The zero-order chi connectivity index (χ0) is 17.0. The van der Waals surface area contributed by atoms with Gasteiger partial charge in [0.15, 0.2) is 0 Å². The summed E-state index contributed by atoms with van der Waals surface area (Å²) in [6, 6.07) is 1.29.